The van der Waals surface area contributed by atoms with E-state index in [1.54, 1.807) is 0 Å². The molecular formula is C18H19NO2S. The summed E-state index contributed by atoms with van der Waals surface area (Å²) in [4.78, 5) is 0.343. The molecule has 0 saturated carbocycles. The lowest BCUT2D eigenvalue weighted by atomic mass is 10.1. The number of aryl methyl sites for hydroxylation is 4. The van der Waals surface area contributed by atoms with Crippen LogP contribution in [-0.2, 0) is 16.4 Å². The minimum absolute atomic E-state index is 0.343. The first-order valence-electron chi connectivity index (χ1n) is 7.38. The van der Waals surface area contributed by atoms with E-state index in [1.807, 2.05) is 57.2 Å². The maximum Gasteiger partial charge on any atom is 0.283 e. The van der Waals surface area contributed by atoms with Gasteiger partial charge in [-0.25, -0.2) is 0 Å². The van der Waals surface area contributed by atoms with Crippen LogP contribution in [-0.4, -0.2) is 14.1 Å². The highest BCUT2D eigenvalue weighted by atomic mass is 32.2. The van der Waals surface area contributed by atoms with Gasteiger partial charge in [0.1, 0.15) is 0 Å². The quantitative estimate of drug-likeness (QED) is 0.848. The zero-order valence-electron chi connectivity index (χ0n) is 13.1. The molecule has 0 heterocycles. The van der Waals surface area contributed by atoms with Crippen LogP contribution in [0.25, 0.3) is 0 Å². The lowest BCUT2D eigenvalue weighted by molar-refractivity contribution is 0.596. The minimum Gasteiger partial charge on any atom is -0.199 e. The smallest absolute Gasteiger partial charge is 0.199 e. The summed E-state index contributed by atoms with van der Waals surface area (Å²) in [5.41, 5.74) is 5.39. The average molecular weight is 313 g/mol. The number of hydrogen-bond donors (Lipinski definition) is 0. The lowest BCUT2D eigenvalue weighted by Gasteiger charge is -2.10. The van der Waals surface area contributed by atoms with Gasteiger partial charge in [-0.15, -0.1) is 0 Å². The Kier molecular flexibility index (Phi) is 3.65. The standard InChI is InChI=1S/C18H19NO2S/c1-12-10-13(2)18(14(3)11-12)22(20,21)19-17-9-8-15-6-4-5-7-16(15)17/h4-7,10-11H,8-9H2,1-3H3/b19-17-. The fourth-order valence-corrected chi connectivity index (χ4v) is 4.77. The second kappa shape index (κ2) is 5.36. The summed E-state index contributed by atoms with van der Waals surface area (Å²) in [5, 5.41) is 0. The van der Waals surface area contributed by atoms with Gasteiger partial charge in [-0.1, -0.05) is 42.0 Å². The van der Waals surface area contributed by atoms with Crippen molar-refractivity contribution in [3.8, 4) is 0 Å². The Labute approximate surface area is 131 Å². The van der Waals surface area contributed by atoms with Crippen LogP contribution in [0.15, 0.2) is 45.7 Å². The molecule has 0 saturated heterocycles. The molecule has 1 aliphatic rings. The highest BCUT2D eigenvalue weighted by molar-refractivity contribution is 7.90. The summed E-state index contributed by atoms with van der Waals surface area (Å²) in [5.74, 6) is 0. The molecule has 0 aromatic heterocycles. The molecule has 3 rings (SSSR count). The average Bonchev–Trinajstić information content (AvgIpc) is 2.80. The second-order valence-electron chi connectivity index (χ2n) is 5.90. The first-order chi connectivity index (χ1) is 10.4. The molecule has 2 aromatic carbocycles. The Morgan fingerprint density at radius 3 is 2.27 bits per heavy atom. The van der Waals surface area contributed by atoms with Crippen LogP contribution in [0, 0.1) is 20.8 Å². The Morgan fingerprint density at radius 1 is 0.955 bits per heavy atom. The van der Waals surface area contributed by atoms with Gasteiger partial charge in [0.15, 0.2) is 0 Å². The molecule has 2 aromatic rings. The van der Waals surface area contributed by atoms with Crippen molar-refractivity contribution in [3.05, 3.63) is 64.2 Å². The minimum atomic E-state index is -3.68. The van der Waals surface area contributed by atoms with Crippen LogP contribution in [0.3, 0.4) is 0 Å². The van der Waals surface area contributed by atoms with Crippen LogP contribution in [0.1, 0.15) is 34.2 Å². The summed E-state index contributed by atoms with van der Waals surface area (Å²) in [6.07, 6.45) is 1.54. The fourth-order valence-electron chi connectivity index (χ4n) is 3.27. The van der Waals surface area contributed by atoms with Crippen molar-refractivity contribution in [1.29, 1.82) is 0 Å². The van der Waals surface area contributed by atoms with Crippen molar-refractivity contribution in [3.63, 3.8) is 0 Å². The van der Waals surface area contributed by atoms with E-state index in [9.17, 15) is 8.42 Å². The molecule has 0 fully saturated rings. The number of sulfonamides is 1. The molecule has 0 spiro atoms. The third-order valence-electron chi connectivity index (χ3n) is 4.05. The van der Waals surface area contributed by atoms with Crippen molar-refractivity contribution in [2.24, 2.45) is 4.40 Å². The molecule has 0 amide bonds. The van der Waals surface area contributed by atoms with Gasteiger partial charge in [-0.05, 0) is 50.3 Å². The predicted octanol–water partition coefficient (Wildman–Crippen LogP) is 3.74. The van der Waals surface area contributed by atoms with Crippen molar-refractivity contribution >= 4 is 15.7 Å². The van der Waals surface area contributed by atoms with E-state index < -0.39 is 10.0 Å². The van der Waals surface area contributed by atoms with E-state index >= 15 is 0 Å². The molecular weight excluding hydrogens is 294 g/mol. The summed E-state index contributed by atoms with van der Waals surface area (Å²) in [7, 11) is -3.68. The van der Waals surface area contributed by atoms with Crippen LogP contribution in [0.5, 0.6) is 0 Å². The Morgan fingerprint density at radius 2 is 1.59 bits per heavy atom. The first kappa shape index (κ1) is 15.0. The van der Waals surface area contributed by atoms with Gasteiger partial charge in [-0.2, -0.15) is 12.8 Å². The molecule has 0 bridgehead atoms. The predicted molar refractivity (Wildman–Crippen MR) is 89.1 cm³/mol. The van der Waals surface area contributed by atoms with Gasteiger partial charge in [0, 0.05) is 5.56 Å². The van der Waals surface area contributed by atoms with Crippen molar-refractivity contribution < 1.29 is 8.42 Å². The topological polar surface area (TPSA) is 46.5 Å². The zero-order valence-corrected chi connectivity index (χ0v) is 13.9. The van der Waals surface area contributed by atoms with E-state index in [1.165, 1.54) is 5.56 Å². The second-order valence-corrected chi connectivity index (χ2v) is 7.44. The number of benzene rings is 2. The number of rotatable bonds is 2. The third kappa shape index (κ3) is 2.59. The zero-order chi connectivity index (χ0) is 15.9. The number of nitrogens with zero attached hydrogens (tertiary/aromatic N) is 1. The largest absolute Gasteiger partial charge is 0.283 e. The number of hydrogen-bond acceptors (Lipinski definition) is 2. The van der Waals surface area contributed by atoms with E-state index in [2.05, 4.69) is 4.40 Å². The lowest BCUT2D eigenvalue weighted by Crippen LogP contribution is -2.07. The van der Waals surface area contributed by atoms with Gasteiger partial charge in [0.05, 0.1) is 10.6 Å². The Balaban J connectivity index is 2.12. The normalized spacial score (nSPS) is 16.0. The van der Waals surface area contributed by atoms with E-state index in [0.717, 1.165) is 28.7 Å². The van der Waals surface area contributed by atoms with Gasteiger partial charge >= 0.3 is 0 Å². The van der Waals surface area contributed by atoms with Crippen molar-refractivity contribution in [2.45, 2.75) is 38.5 Å². The highest BCUT2D eigenvalue weighted by Crippen LogP contribution is 2.27. The molecule has 4 heteroatoms. The van der Waals surface area contributed by atoms with E-state index in [-0.39, 0.29) is 0 Å². The van der Waals surface area contributed by atoms with Crippen molar-refractivity contribution in [1.82, 2.24) is 0 Å². The van der Waals surface area contributed by atoms with Gasteiger partial charge in [0.25, 0.3) is 10.0 Å². The maximum absolute atomic E-state index is 12.8. The number of fused-ring (bicyclic) bond motifs is 1. The monoisotopic (exact) mass is 313 g/mol. The molecule has 1 aliphatic carbocycles. The van der Waals surface area contributed by atoms with Crippen LogP contribution in [0.2, 0.25) is 0 Å². The highest BCUT2D eigenvalue weighted by Gasteiger charge is 2.23. The van der Waals surface area contributed by atoms with Gasteiger partial charge in [-0.3, -0.25) is 0 Å². The summed E-state index contributed by atoms with van der Waals surface area (Å²) < 4.78 is 29.7. The third-order valence-corrected chi connectivity index (χ3v) is 5.67. The van der Waals surface area contributed by atoms with Crippen LogP contribution < -0.4 is 0 Å². The maximum atomic E-state index is 12.8. The van der Waals surface area contributed by atoms with Gasteiger partial charge < -0.3 is 0 Å². The van der Waals surface area contributed by atoms with Crippen LogP contribution >= 0.6 is 0 Å². The Bertz CT molecular complexity index is 857. The molecule has 22 heavy (non-hydrogen) atoms. The Hall–Kier alpha value is -1.94. The molecule has 0 radical (unpaired) electrons. The van der Waals surface area contributed by atoms with E-state index in [4.69, 9.17) is 0 Å². The molecule has 3 nitrogen and oxygen atoms in total. The van der Waals surface area contributed by atoms with E-state index in [0.29, 0.717) is 17.0 Å². The molecule has 0 atom stereocenters. The summed E-state index contributed by atoms with van der Waals surface area (Å²) >= 11 is 0. The first-order valence-corrected chi connectivity index (χ1v) is 8.82. The molecule has 0 aliphatic heterocycles. The SMILES string of the molecule is Cc1cc(C)c(S(=O)(=O)/N=C2/CCc3ccccc32)c(C)c1. The molecule has 0 unspecified atom stereocenters. The van der Waals surface area contributed by atoms with Gasteiger partial charge in [0.2, 0.25) is 0 Å². The van der Waals surface area contributed by atoms with Crippen LogP contribution in [0.4, 0.5) is 0 Å². The molecule has 114 valence electrons. The summed E-state index contributed by atoms with van der Waals surface area (Å²) in [6.45, 7) is 5.63. The summed E-state index contributed by atoms with van der Waals surface area (Å²) in [6, 6.07) is 11.7. The fraction of sp³-hybridized carbons (Fsp3) is 0.278. The van der Waals surface area contributed by atoms with Crippen molar-refractivity contribution in [2.75, 3.05) is 0 Å². The molecule has 0 N–H and O–H groups in total.